The highest BCUT2D eigenvalue weighted by molar-refractivity contribution is 6.00. The van der Waals surface area contributed by atoms with Gasteiger partial charge < -0.3 is 30.9 Å². The summed E-state index contributed by atoms with van der Waals surface area (Å²) in [5.74, 6) is 0.338. The molecule has 0 unspecified atom stereocenters. The van der Waals surface area contributed by atoms with Crippen molar-refractivity contribution in [1.29, 1.82) is 0 Å². The maximum absolute atomic E-state index is 13.3. The molecule has 5 amide bonds. The van der Waals surface area contributed by atoms with Crippen molar-refractivity contribution in [3.63, 3.8) is 0 Å². The van der Waals surface area contributed by atoms with E-state index in [-0.39, 0.29) is 30.2 Å². The predicted octanol–water partition coefficient (Wildman–Crippen LogP) is 5.78. The molecule has 5 rings (SSSR count). The SMILES string of the molecule is O=C(CCCc1ccccc1)Nc1cc(NC(=O)N(CC2CCCCC2)C(=O)O)ccc1N1CCCN(C(=O)C2CCNCC2)CC1. The molecule has 2 aromatic carbocycles. The van der Waals surface area contributed by atoms with Gasteiger partial charge in [0, 0.05) is 50.7 Å². The van der Waals surface area contributed by atoms with Gasteiger partial charge in [-0.25, -0.2) is 14.5 Å². The Morgan fingerprint density at radius 3 is 2.36 bits per heavy atom. The van der Waals surface area contributed by atoms with Gasteiger partial charge in [-0.3, -0.25) is 9.59 Å². The van der Waals surface area contributed by atoms with Crippen molar-refractivity contribution in [2.45, 2.75) is 70.6 Å². The Labute approximate surface area is 278 Å². The molecule has 11 nitrogen and oxygen atoms in total. The zero-order chi connectivity index (χ0) is 33.0. The molecule has 0 aromatic heterocycles. The van der Waals surface area contributed by atoms with Gasteiger partial charge in [-0.2, -0.15) is 0 Å². The molecule has 47 heavy (non-hydrogen) atoms. The summed E-state index contributed by atoms with van der Waals surface area (Å²) in [6.45, 7) is 4.54. The van der Waals surface area contributed by atoms with Crippen LogP contribution in [0, 0.1) is 11.8 Å². The zero-order valence-corrected chi connectivity index (χ0v) is 27.4. The molecule has 0 bridgehead atoms. The maximum Gasteiger partial charge on any atom is 0.415 e. The number of benzene rings is 2. The molecule has 0 spiro atoms. The molecule has 0 atom stereocenters. The molecule has 254 valence electrons. The number of hydrogen-bond donors (Lipinski definition) is 4. The Morgan fingerprint density at radius 2 is 1.62 bits per heavy atom. The van der Waals surface area contributed by atoms with Gasteiger partial charge in [0.25, 0.3) is 0 Å². The highest BCUT2D eigenvalue weighted by atomic mass is 16.4. The van der Waals surface area contributed by atoms with Gasteiger partial charge in [-0.15, -0.1) is 0 Å². The van der Waals surface area contributed by atoms with Crippen LogP contribution in [0.4, 0.5) is 26.7 Å². The number of anilines is 3. The number of piperidine rings is 1. The number of carbonyl (C=O) groups excluding carboxylic acids is 3. The number of hydrogen-bond acceptors (Lipinski definition) is 6. The minimum atomic E-state index is -1.27. The molecule has 11 heteroatoms. The standard InChI is InChI=1S/C36H50N6O5/c43-33(14-7-13-27-9-3-1-4-10-27)39-31-25-30(38-35(45)42(36(46)47)26-28-11-5-2-6-12-28)15-16-32(31)40-21-8-22-41(24-23-40)34(44)29-17-19-37-20-18-29/h1,3-4,9-10,15-16,25,28-29,37H,2,5-8,11-14,17-24,26H2,(H,38,45)(H,39,43)(H,46,47). The molecule has 2 aromatic rings. The third-order valence-corrected chi connectivity index (χ3v) is 9.71. The van der Waals surface area contributed by atoms with E-state index in [9.17, 15) is 24.3 Å². The van der Waals surface area contributed by atoms with Crippen LogP contribution in [0.15, 0.2) is 48.5 Å². The van der Waals surface area contributed by atoms with Crippen LogP contribution in [0.5, 0.6) is 0 Å². The predicted molar refractivity (Wildman–Crippen MR) is 184 cm³/mol. The minimum Gasteiger partial charge on any atom is -0.465 e. The van der Waals surface area contributed by atoms with Crippen LogP contribution < -0.4 is 20.9 Å². The van der Waals surface area contributed by atoms with Crippen molar-refractivity contribution in [3.05, 3.63) is 54.1 Å². The number of nitrogens with zero attached hydrogens (tertiary/aromatic N) is 3. The Morgan fingerprint density at radius 1 is 0.851 bits per heavy atom. The number of carbonyl (C=O) groups is 4. The van der Waals surface area contributed by atoms with Crippen LogP contribution in [0.3, 0.4) is 0 Å². The normalized spacial score (nSPS) is 17.9. The summed E-state index contributed by atoms with van der Waals surface area (Å²) in [6.07, 6.45) is 8.16. The Kier molecular flexibility index (Phi) is 12.5. The van der Waals surface area contributed by atoms with E-state index in [0.717, 1.165) is 81.5 Å². The van der Waals surface area contributed by atoms with Crippen molar-refractivity contribution in [1.82, 2.24) is 15.1 Å². The fourth-order valence-electron chi connectivity index (χ4n) is 7.07. The fraction of sp³-hybridized carbons (Fsp3) is 0.556. The first-order valence-corrected chi connectivity index (χ1v) is 17.4. The Hall–Kier alpha value is -4.12. The summed E-state index contributed by atoms with van der Waals surface area (Å²) >= 11 is 0. The third kappa shape index (κ3) is 9.93. The highest BCUT2D eigenvalue weighted by Crippen LogP contribution is 2.32. The van der Waals surface area contributed by atoms with Crippen LogP contribution >= 0.6 is 0 Å². The van der Waals surface area contributed by atoms with Gasteiger partial charge in [-0.1, -0.05) is 49.6 Å². The van der Waals surface area contributed by atoms with E-state index in [1.165, 1.54) is 5.56 Å². The lowest BCUT2D eigenvalue weighted by molar-refractivity contribution is -0.136. The van der Waals surface area contributed by atoms with E-state index in [1.54, 1.807) is 12.1 Å². The largest absolute Gasteiger partial charge is 0.465 e. The molecule has 3 aliphatic rings. The van der Waals surface area contributed by atoms with Crippen LogP contribution in [-0.4, -0.2) is 84.7 Å². The average Bonchev–Trinajstić information content (AvgIpc) is 3.34. The van der Waals surface area contributed by atoms with E-state index < -0.39 is 12.1 Å². The molecule has 1 aliphatic carbocycles. The monoisotopic (exact) mass is 646 g/mol. The Balaban J connectivity index is 1.28. The van der Waals surface area contributed by atoms with E-state index >= 15 is 0 Å². The van der Waals surface area contributed by atoms with Crippen molar-refractivity contribution < 1.29 is 24.3 Å². The third-order valence-electron chi connectivity index (χ3n) is 9.71. The molecule has 3 fully saturated rings. The molecular formula is C36H50N6O5. The lowest BCUT2D eigenvalue weighted by Crippen LogP contribution is -2.42. The van der Waals surface area contributed by atoms with Crippen LogP contribution in [-0.2, 0) is 16.0 Å². The first kappa shape index (κ1) is 34.2. The number of nitrogens with one attached hydrogen (secondary N) is 3. The molecule has 2 aliphatic heterocycles. The van der Waals surface area contributed by atoms with E-state index in [2.05, 4.69) is 33.0 Å². The first-order valence-electron chi connectivity index (χ1n) is 17.4. The second-order valence-corrected chi connectivity index (χ2v) is 13.1. The fourth-order valence-corrected chi connectivity index (χ4v) is 7.07. The van der Waals surface area contributed by atoms with Gasteiger partial charge in [0.15, 0.2) is 0 Å². The molecule has 0 radical (unpaired) electrons. The molecule has 4 N–H and O–H groups in total. The molecular weight excluding hydrogens is 596 g/mol. The average molecular weight is 647 g/mol. The highest BCUT2D eigenvalue weighted by Gasteiger charge is 2.29. The van der Waals surface area contributed by atoms with E-state index in [1.807, 2.05) is 29.2 Å². The number of rotatable bonds is 10. The lowest BCUT2D eigenvalue weighted by atomic mass is 9.89. The maximum atomic E-state index is 13.3. The lowest BCUT2D eigenvalue weighted by Gasteiger charge is -2.29. The number of amides is 5. The summed E-state index contributed by atoms with van der Waals surface area (Å²) in [7, 11) is 0. The minimum absolute atomic E-state index is 0.0694. The van der Waals surface area contributed by atoms with E-state index in [0.29, 0.717) is 50.4 Å². The Bertz CT molecular complexity index is 1360. The molecule has 1 saturated carbocycles. The summed E-state index contributed by atoms with van der Waals surface area (Å²) in [4.78, 5) is 56.8. The topological polar surface area (TPSA) is 134 Å². The summed E-state index contributed by atoms with van der Waals surface area (Å²) < 4.78 is 0. The van der Waals surface area contributed by atoms with Crippen molar-refractivity contribution in [2.75, 3.05) is 61.3 Å². The number of carboxylic acid groups (broad SMARTS) is 1. The number of urea groups is 1. The second-order valence-electron chi connectivity index (χ2n) is 13.1. The van der Waals surface area contributed by atoms with Gasteiger partial charge in [-0.05, 0) is 87.7 Å². The number of aryl methyl sites for hydroxylation is 1. The van der Waals surface area contributed by atoms with Gasteiger partial charge >= 0.3 is 12.1 Å². The molecule has 2 saturated heterocycles. The zero-order valence-electron chi connectivity index (χ0n) is 27.4. The quantitative estimate of drug-likeness (QED) is 0.257. The summed E-state index contributed by atoms with van der Waals surface area (Å²) in [5, 5.41) is 19.0. The summed E-state index contributed by atoms with van der Waals surface area (Å²) in [5.41, 5.74) is 2.95. The number of imide groups is 1. The van der Waals surface area contributed by atoms with Gasteiger partial charge in [0.2, 0.25) is 11.8 Å². The van der Waals surface area contributed by atoms with Crippen molar-refractivity contribution >= 4 is 41.0 Å². The van der Waals surface area contributed by atoms with Crippen LogP contribution in [0.2, 0.25) is 0 Å². The van der Waals surface area contributed by atoms with Crippen molar-refractivity contribution in [3.8, 4) is 0 Å². The summed E-state index contributed by atoms with van der Waals surface area (Å²) in [6, 6.07) is 14.7. The molecule has 2 heterocycles. The second kappa shape index (κ2) is 17.2. The first-order chi connectivity index (χ1) is 22.9. The van der Waals surface area contributed by atoms with Crippen LogP contribution in [0.1, 0.15) is 69.8 Å². The van der Waals surface area contributed by atoms with E-state index in [4.69, 9.17) is 0 Å². The van der Waals surface area contributed by atoms with Gasteiger partial charge in [0.05, 0.1) is 11.4 Å². The van der Waals surface area contributed by atoms with Gasteiger partial charge in [0.1, 0.15) is 0 Å². The smallest absolute Gasteiger partial charge is 0.415 e. The van der Waals surface area contributed by atoms with Crippen LogP contribution in [0.25, 0.3) is 0 Å². The van der Waals surface area contributed by atoms with Crippen molar-refractivity contribution in [2.24, 2.45) is 11.8 Å².